The molecule has 0 amide bonds. The van der Waals surface area contributed by atoms with Crippen molar-refractivity contribution >= 4 is 11.9 Å². The average Bonchev–Trinajstić information content (AvgIpc) is 2.64. The summed E-state index contributed by atoms with van der Waals surface area (Å²) in [5, 5.41) is 10.2. The highest BCUT2D eigenvalue weighted by molar-refractivity contribution is 5.73. The van der Waals surface area contributed by atoms with Crippen LogP contribution in [0.25, 0.3) is 0 Å². The van der Waals surface area contributed by atoms with Crippen LogP contribution in [0.1, 0.15) is 43.4 Å². The van der Waals surface area contributed by atoms with Gasteiger partial charge in [0.05, 0.1) is 6.10 Å². The van der Waals surface area contributed by atoms with Crippen molar-refractivity contribution in [3.8, 4) is 17.2 Å². The first-order valence-electron chi connectivity index (χ1n) is 9.62. The molecule has 0 aliphatic rings. The summed E-state index contributed by atoms with van der Waals surface area (Å²) in [6.07, 6.45) is 1.39. The van der Waals surface area contributed by atoms with E-state index < -0.39 is 18.0 Å². The molecule has 29 heavy (non-hydrogen) atoms. The van der Waals surface area contributed by atoms with Gasteiger partial charge in [-0.1, -0.05) is 12.1 Å². The number of carbonyl (C=O) groups excluding carboxylic acids is 2. The molecule has 0 saturated carbocycles. The topological polar surface area (TPSA) is 82.1 Å². The number of aliphatic hydroxyl groups excluding tert-OH is 1. The Bertz CT molecular complexity index is 858. The quantitative estimate of drug-likeness (QED) is 0.508. The molecular formula is C23H28O6. The maximum Gasteiger partial charge on any atom is 0.308 e. The molecule has 0 aromatic heterocycles. The first-order valence-corrected chi connectivity index (χ1v) is 9.62. The number of carbonyl (C=O) groups is 2. The zero-order chi connectivity index (χ0) is 21.4. The van der Waals surface area contributed by atoms with E-state index in [2.05, 4.69) is 0 Å². The Kier molecular flexibility index (Phi) is 8.21. The Morgan fingerprint density at radius 2 is 1.62 bits per heavy atom. The largest absolute Gasteiger partial charge is 0.491 e. The van der Waals surface area contributed by atoms with Crippen molar-refractivity contribution < 1.29 is 28.9 Å². The second-order valence-corrected chi connectivity index (χ2v) is 7.07. The number of rotatable bonds is 9. The number of aliphatic hydroxyl groups is 1. The van der Waals surface area contributed by atoms with Gasteiger partial charge in [0.25, 0.3) is 0 Å². The SMILES string of the molecule is CC(=O)Oc1ccc(CCCC(O)COc2ccc(C)c(C)c2)cc1OC(C)=O. The molecule has 0 aliphatic carbocycles. The third kappa shape index (κ3) is 7.58. The Hall–Kier alpha value is -2.86. The van der Waals surface area contributed by atoms with Gasteiger partial charge in [0.15, 0.2) is 11.5 Å². The van der Waals surface area contributed by atoms with E-state index in [1.54, 1.807) is 12.1 Å². The predicted octanol–water partition coefficient (Wildman–Crippen LogP) is 3.92. The number of hydrogen-bond acceptors (Lipinski definition) is 6. The van der Waals surface area contributed by atoms with Gasteiger partial charge in [0, 0.05) is 13.8 Å². The predicted molar refractivity (Wildman–Crippen MR) is 109 cm³/mol. The van der Waals surface area contributed by atoms with Gasteiger partial charge >= 0.3 is 11.9 Å². The summed E-state index contributed by atoms with van der Waals surface area (Å²) in [4.78, 5) is 22.5. The fourth-order valence-corrected chi connectivity index (χ4v) is 2.80. The summed E-state index contributed by atoms with van der Waals surface area (Å²) in [6, 6.07) is 11.0. The molecule has 0 radical (unpaired) electrons. The maximum absolute atomic E-state index is 11.3. The van der Waals surface area contributed by atoms with Crippen LogP contribution in [0.15, 0.2) is 36.4 Å². The molecule has 0 aliphatic heterocycles. The molecule has 2 aromatic rings. The molecule has 1 N–H and O–H groups in total. The van der Waals surface area contributed by atoms with E-state index in [9.17, 15) is 14.7 Å². The Balaban J connectivity index is 1.85. The van der Waals surface area contributed by atoms with E-state index in [0.29, 0.717) is 12.8 Å². The van der Waals surface area contributed by atoms with Crippen LogP contribution < -0.4 is 14.2 Å². The van der Waals surface area contributed by atoms with E-state index in [4.69, 9.17) is 14.2 Å². The highest BCUT2D eigenvalue weighted by Gasteiger charge is 2.12. The second-order valence-electron chi connectivity index (χ2n) is 7.07. The molecule has 0 fully saturated rings. The number of benzene rings is 2. The Labute approximate surface area is 171 Å². The summed E-state index contributed by atoms with van der Waals surface area (Å²) in [7, 11) is 0. The lowest BCUT2D eigenvalue weighted by Gasteiger charge is -2.14. The van der Waals surface area contributed by atoms with E-state index >= 15 is 0 Å². The third-order valence-electron chi connectivity index (χ3n) is 4.44. The van der Waals surface area contributed by atoms with Crippen LogP contribution in [0, 0.1) is 13.8 Å². The molecule has 0 bridgehead atoms. The van der Waals surface area contributed by atoms with Crippen LogP contribution in [-0.2, 0) is 16.0 Å². The monoisotopic (exact) mass is 400 g/mol. The minimum atomic E-state index is -0.579. The van der Waals surface area contributed by atoms with Gasteiger partial charge in [0.2, 0.25) is 0 Å². The van der Waals surface area contributed by atoms with E-state index in [1.165, 1.54) is 19.4 Å². The fourth-order valence-electron chi connectivity index (χ4n) is 2.80. The first kappa shape index (κ1) is 22.4. The van der Waals surface area contributed by atoms with Crippen molar-refractivity contribution in [2.24, 2.45) is 0 Å². The lowest BCUT2D eigenvalue weighted by Crippen LogP contribution is -2.17. The zero-order valence-corrected chi connectivity index (χ0v) is 17.4. The number of ether oxygens (including phenoxy) is 3. The van der Waals surface area contributed by atoms with Crippen LogP contribution in [-0.4, -0.2) is 29.8 Å². The van der Waals surface area contributed by atoms with Crippen molar-refractivity contribution in [1.29, 1.82) is 0 Å². The van der Waals surface area contributed by atoms with Gasteiger partial charge < -0.3 is 19.3 Å². The van der Waals surface area contributed by atoms with Gasteiger partial charge in [-0.25, -0.2) is 0 Å². The van der Waals surface area contributed by atoms with Crippen molar-refractivity contribution in [2.75, 3.05) is 6.61 Å². The fraction of sp³-hybridized carbons (Fsp3) is 0.391. The molecule has 1 unspecified atom stereocenters. The normalized spacial score (nSPS) is 11.6. The lowest BCUT2D eigenvalue weighted by molar-refractivity contribution is -0.134. The molecule has 0 heterocycles. The maximum atomic E-state index is 11.3. The van der Waals surface area contributed by atoms with E-state index in [-0.39, 0.29) is 18.1 Å². The van der Waals surface area contributed by atoms with E-state index in [0.717, 1.165) is 23.3 Å². The van der Waals surface area contributed by atoms with Crippen LogP contribution in [0.4, 0.5) is 0 Å². The summed E-state index contributed by atoms with van der Waals surface area (Å²) in [6.45, 7) is 6.87. The van der Waals surface area contributed by atoms with Crippen LogP contribution in [0.3, 0.4) is 0 Å². The lowest BCUT2D eigenvalue weighted by atomic mass is 10.1. The van der Waals surface area contributed by atoms with Crippen LogP contribution in [0.5, 0.6) is 17.2 Å². The Morgan fingerprint density at radius 1 is 0.931 bits per heavy atom. The molecule has 6 heteroatoms. The second kappa shape index (κ2) is 10.6. The van der Waals surface area contributed by atoms with Crippen LogP contribution >= 0.6 is 0 Å². The Morgan fingerprint density at radius 3 is 2.28 bits per heavy atom. The van der Waals surface area contributed by atoms with E-state index in [1.807, 2.05) is 38.1 Å². The number of esters is 2. The van der Waals surface area contributed by atoms with Crippen molar-refractivity contribution in [2.45, 2.75) is 53.1 Å². The van der Waals surface area contributed by atoms with Gasteiger partial charge in [-0.05, 0) is 74.1 Å². The number of hydrogen-bond donors (Lipinski definition) is 1. The zero-order valence-electron chi connectivity index (χ0n) is 17.4. The molecular weight excluding hydrogens is 372 g/mol. The molecule has 1 atom stereocenters. The standard InChI is InChI=1S/C23H28O6/c1-15-8-10-21(12-16(15)2)27-14-20(26)7-5-6-19-9-11-22(28-17(3)24)23(13-19)29-18(4)25/h8-13,20,26H,5-7,14H2,1-4H3. The highest BCUT2D eigenvalue weighted by atomic mass is 16.6. The molecule has 2 rings (SSSR count). The minimum Gasteiger partial charge on any atom is -0.491 e. The molecule has 6 nitrogen and oxygen atoms in total. The molecule has 0 spiro atoms. The third-order valence-corrected chi connectivity index (χ3v) is 4.44. The van der Waals surface area contributed by atoms with Gasteiger partial charge in [0.1, 0.15) is 12.4 Å². The average molecular weight is 400 g/mol. The summed E-state index contributed by atoms with van der Waals surface area (Å²) in [5.41, 5.74) is 3.27. The van der Waals surface area contributed by atoms with Crippen molar-refractivity contribution in [3.63, 3.8) is 0 Å². The molecule has 0 saturated heterocycles. The van der Waals surface area contributed by atoms with Gasteiger partial charge in [-0.15, -0.1) is 0 Å². The molecule has 2 aromatic carbocycles. The van der Waals surface area contributed by atoms with Crippen LogP contribution in [0.2, 0.25) is 0 Å². The minimum absolute atomic E-state index is 0.207. The van der Waals surface area contributed by atoms with Crippen molar-refractivity contribution in [3.05, 3.63) is 53.1 Å². The summed E-state index contributed by atoms with van der Waals surface area (Å²) < 4.78 is 15.9. The highest BCUT2D eigenvalue weighted by Crippen LogP contribution is 2.29. The number of aryl methyl sites for hydroxylation is 3. The van der Waals surface area contributed by atoms with Gasteiger partial charge in [-0.2, -0.15) is 0 Å². The summed E-state index contributed by atoms with van der Waals surface area (Å²) >= 11 is 0. The van der Waals surface area contributed by atoms with Crippen molar-refractivity contribution in [1.82, 2.24) is 0 Å². The first-order chi connectivity index (χ1) is 13.7. The summed E-state index contributed by atoms with van der Waals surface area (Å²) in [5.74, 6) is 0.189. The molecule has 156 valence electrons. The smallest absolute Gasteiger partial charge is 0.308 e. The van der Waals surface area contributed by atoms with Gasteiger partial charge in [-0.3, -0.25) is 9.59 Å².